The van der Waals surface area contributed by atoms with E-state index in [1.165, 1.54) is 4.90 Å². The summed E-state index contributed by atoms with van der Waals surface area (Å²) in [7, 11) is -0.533. The number of hydrogen-bond donors (Lipinski definition) is 3. The second kappa shape index (κ2) is 7.51. The number of likely N-dealkylation sites (tertiary alicyclic amines) is 1. The van der Waals surface area contributed by atoms with Gasteiger partial charge in [0.2, 0.25) is 0 Å². The highest BCUT2D eigenvalue weighted by atomic mass is 35.5. The number of aliphatic carboxylic acids is 1. The van der Waals surface area contributed by atoms with Gasteiger partial charge in [-0.2, -0.15) is 0 Å². The monoisotopic (exact) mass is 469 g/mol. The molecular weight excluding hydrogens is 441 g/mol. The molecule has 0 aromatic heterocycles. The van der Waals surface area contributed by atoms with E-state index in [1.807, 2.05) is 6.08 Å². The number of carbonyl (C=O) groups is 1. The fourth-order valence-corrected chi connectivity index (χ4v) is 7.14. The van der Waals surface area contributed by atoms with Crippen LogP contribution in [0.15, 0.2) is 18.2 Å². The van der Waals surface area contributed by atoms with Crippen LogP contribution in [0, 0.1) is 5.92 Å². The molecule has 0 amide bonds. The minimum atomic E-state index is -2.75. The van der Waals surface area contributed by atoms with Crippen LogP contribution in [-0.4, -0.2) is 61.4 Å². The highest BCUT2D eigenvalue weighted by molar-refractivity contribution is 7.57. The van der Waals surface area contributed by atoms with Crippen molar-refractivity contribution in [2.45, 2.75) is 49.3 Å². The van der Waals surface area contributed by atoms with E-state index in [-0.39, 0.29) is 42.0 Å². The molecule has 1 aromatic carbocycles. The Morgan fingerprint density at radius 3 is 2.81 bits per heavy atom. The van der Waals surface area contributed by atoms with Gasteiger partial charge in [0, 0.05) is 44.1 Å². The number of likely N-dealkylation sites (N-methyl/N-ethyl adjacent to an activating group) is 1. The average molecular weight is 470 g/mol. The predicted molar refractivity (Wildman–Crippen MR) is 111 cm³/mol. The number of ether oxygens (including phenoxy) is 1. The normalized spacial score (nSPS) is 34.5. The van der Waals surface area contributed by atoms with Crippen molar-refractivity contribution < 1.29 is 46.1 Å². The molecule has 1 fully saturated rings. The molecule has 2 aliphatic carbocycles. The maximum atomic E-state index is 12.5. The van der Waals surface area contributed by atoms with Crippen LogP contribution in [0.5, 0.6) is 11.5 Å². The molecule has 9 heteroatoms. The van der Waals surface area contributed by atoms with E-state index in [0.29, 0.717) is 18.2 Å². The van der Waals surface area contributed by atoms with Gasteiger partial charge in [0.25, 0.3) is 0 Å². The van der Waals surface area contributed by atoms with Crippen molar-refractivity contribution in [3.8, 4) is 11.5 Å². The number of carboxylic acid groups (broad SMARTS) is 1. The summed E-state index contributed by atoms with van der Waals surface area (Å²) >= 11 is 0. The molecule has 2 bridgehead atoms. The second-order valence-electron chi connectivity index (χ2n) is 9.60. The Morgan fingerprint density at radius 2 is 2.13 bits per heavy atom. The number of aromatic hydroxyl groups is 1. The first-order valence-electron chi connectivity index (χ1n) is 10.6. The van der Waals surface area contributed by atoms with Gasteiger partial charge in [-0.25, -0.2) is 0 Å². The SMILES string of the molecule is C[NH+]1CC[C@]23c4c5c(CCC(=O)O)cc(O)c4O[C@H]2[C@@H](OP(C)(C)=O)C=CC3[C@H]1C5.[Cl-]. The van der Waals surface area contributed by atoms with E-state index in [0.717, 1.165) is 36.1 Å². The molecule has 0 radical (unpaired) electrons. The molecule has 5 rings (SSSR count). The molecule has 2 aliphatic heterocycles. The topological polar surface area (TPSA) is 97.5 Å². The van der Waals surface area contributed by atoms with Crippen molar-refractivity contribution in [2.75, 3.05) is 26.9 Å². The van der Waals surface area contributed by atoms with Crippen molar-refractivity contribution in [2.24, 2.45) is 5.92 Å². The number of nitrogens with one attached hydrogen (secondary N) is 1. The van der Waals surface area contributed by atoms with Crippen LogP contribution < -0.4 is 22.0 Å². The van der Waals surface area contributed by atoms with Crippen molar-refractivity contribution in [3.63, 3.8) is 0 Å². The first kappa shape index (κ1) is 22.7. The number of halogens is 1. The number of quaternary nitrogens is 1. The smallest absolute Gasteiger partial charge is 0.303 e. The summed E-state index contributed by atoms with van der Waals surface area (Å²) in [5, 5.41) is 20.0. The third-order valence-electron chi connectivity index (χ3n) is 7.49. The van der Waals surface area contributed by atoms with Gasteiger partial charge in [-0.05, 0) is 23.6 Å². The summed E-state index contributed by atoms with van der Waals surface area (Å²) in [4.78, 5) is 12.7. The largest absolute Gasteiger partial charge is 1.00 e. The highest BCUT2D eigenvalue weighted by Gasteiger charge is 2.66. The summed E-state index contributed by atoms with van der Waals surface area (Å²) in [5.41, 5.74) is 2.75. The zero-order valence-electron chi connectivity index (χ0n) is 17.9. The van der Waals surface area contributed by atoms with E-state index in [1.54, 1.807) is 19.4 Å². The zero-order chi connectivity index (χ0) is 21.4. The number of rotatable bonds is 5. The quantitative estimate of drug-likeness (QED) is 0.354. The lowest BCUT2D eigenvalue weighted by atomic mass is 9.53. The number of phenolic OH excluding ortho intramolecular Hbond substituents is 1. The number of hydrogen-bond acceptors (Lipinski definition) is 5. The molecule has 1 saturated heterocycles. The average Bonchev–Trinajstić information content (AvgIpc) is 3.00. The molecule has 6 atom stereocenters. The van der Waals surface area contributed by atoms with E-state index in [9.17, 15) is 19.6 Å². The fourth-order valence-electron chi connectivity index (χ4n) is 6.37. The lowest BCUT2D eigenvalue weighted by Crippen LogP contribution is -3.16. The highest BCUT2D eigenvalue weighted by Crippen LogP contribution is 2.62. The molecule has 2 heterocycles. The number of phenols is 1. The van der Waals surface area contributed by atoms with Gasteiger partial charge in [-0.3, -0.25) is 9.36 Å². The molecule has 2 unspecified atom stereocenters. The van der Waals surface area contributed by atoms with Crippen LogP contribution in [0.4, 0.5) is 0 Å². The Labute approximate surface area is 188 Å². The van der Waals surface area contributed by atoms with E-state index < -0.39 is 19.4 Å². The van der Waals surface area contributed by atoms with E-state index >= 15 is 0 Å². The van der Waals surface area contributed by atoms with Crippen LogP contribution in [0.3, 0.4) is 0 Å². The van der Waals surface area contributed by atoms with Crippen molar-refractivity contribution in [1.82, 2.24) is 0 Å². The lowest BCUT2D eigenvalue weighted by Gasteiger charge is -2.55. The number of aryl methyl sites for hydroxylation is 1. The third kappa shape index (κ3) is 3.32. The molecular formula is C22H29ClNO6P. The van der Waals surface area contributed by atoms with Crippen LogP contribution in [0.2, 0.25) is 0 Å². The van der Waals surface area contributed by atoms with Gasteiger partial charge in [0.15, 0.2) is 18.9 Å². The maximum absolute atomic E-state index is 12.5. The second-order valence-corrected chi connectivity index (χ2v) is 12.3. The van der Waals surface area contributed by atoms with Gasteiger partial charge in [0.1, 0.15) is 12.2 Å². The lowest BCUT2D eigenvalue weighted by molar-refractivity contribution is -0.917. The molecule has 0 saturated carbocycles. The van der Waals surface area contributed by atoms with Gasteiger partial charge in [-0.15, -0.1) is 0 Å². The number of piperidine rings is 1. The van der Waals surface area contributed by atoms with Crippen molar-refractivity contribution in [1.29, 1.82) is 0 Å². The molecule has 31 heavy (non-hydrogen) atoms. The minimum absolute atomic E-state index is 0. The maximum Gasteiger partial charge on any atom is 0.303 e. The van der Waals surface area contributed by atoms with Crippen LogP contribution in [0.25, 0.3) is 0 Å². The predicted octanol–water partition coefficient (Wildman–Crippen LogP) is -1.64. The number of carboxylic acids is 1. The molecule has 4 aliphatic rings. The fraction of sp³-hybridized carbons (Fsp3) is 0.591. The molecule has 170 valence electrons. The Bertz CT molecular complexity index is 1010. The summed E-state index contributed by atoms with van der Waals surface area (Å²) in [6, 6.07) is 2.04. The Morgan fingerprint density at radius 1 is 1.39 bits per heavy atom. The summed E-state index contributed by atoms with van der Waals surface area (Å²) in [6.45, 7) is 4.21. The third-order valence-corrected chi connectivity index (χ3v) is 8.24. The van der Waals surface area contributed by atoms with Crippen LogP contribution in [-0.2, 0) is 32.1 Å². The van der Waals surface area contributed by atoms with Crippen molar-refractivity contribution >= 4 is 13.3 Å². The standard InChI is InChI=1S/C22H28NO6P.ClH/c1-23-9-8-22-14-5-6-17(29-30(2,3)27)21(22)28-20-16(24)10-12(4-7-18(25)26)13(19(20)22)11-15(14)23;/h5-6,10,14-15,17,21,24H,4,7-9,11H2,1-3H3,(H,25,26);1H/t14?,15-,17+,21+,22+;/m1./s1. The zero-order valence-corrected chi connectivity index (χ0v) is 19.6. The summed E-state index contributed by atoms with van der Waals surface area (Å²) < 4.78 is 24.9. The Kier molecular flexibility index (Phi) is 5.49. The first-order chi connectivity index (χ1) is 14.1. The van der Waals surface area contributed by atoms with E-state index in [2.05, 4.69) is 13.1 Å². The van der Waals surface area contributed by atoms with Gasteiger partial charge in [-0.1, -0.05) is 12.2 Å². The Hall–Kier alpha value is -1.53. The number of benzene rings is 1. The van der Waals surface area contributed by atoms with Gasteiger partial charge < -0.3 is 36.8 Å². The summed E-state index contributed by atoms with van der Waals surface area (Å²) in [6.07, 6.45) is 5.56. The first-order valence-corrected chi connectivity index (χ1v) is 13.1. The Balaban J connectivity index is 0.00000231. The summed E-state index contributed by atoms with van der Waals surface area (Å²) in [5.74, 6) is -0.0263. The van der Waals surface area contributed by atoms with Gasteiger partial charge in [0.05, 0.1) is 25.0 Å². The molecule has 1 aromatic rings. The van der Waals surface area contributed by atoms with Gasteiger partial charge >= 0.3 is 5.97 Å². The molecule has 7 nitrogen and oxygen atoms in total. The van der Waals surface area contributed by atoms with E-state index in [4.69, 9.17) is 9.26 Å². The van der Waals surface area contributed by atoms with Crippen LogP contribution in [0.1, 0.15) is 29.5 Å². The molecule has 1 spiro atoms. The van der Waals surface area contributed by atoms with Crippen molar-refractivity contribution in [3.05, 3.63) is 34.9 Å². The van der Waals surface area contributed by atoms with Crippen LogP contribution >= 0.6 is 7.37 Å². The minimum Gasteiger partial charge on any atom is -1.00 e. The molecule has 3 N–H and O–H groups in total.